The van der Waals surface area contributed by atoms with Crippen molar-refractivity contribution in [3.05, 3.63) is 29.8 Å². The van der Waals surface area contributed by atoms with Crippen molar-refractivity contribution in [3.63, 3.8) is 0 Å². The first kappa shape index (κ1) is 15.7. The molecule has 1 atom stereocenters. The number of rotatable bonds is 3. The zero-order valence-corrected chi connectivity index (χ0v) is 13.1. The number of nitrogens with zero attached hydrogens (tertiary/aromatic N) is 2. The van der Waals surface area contributed by atoms with E-state index in [0.29, 0.717) is 12.3 Å². The topological polar surface area (TPSA) is 60.9 Å². The lowest BCUT2D eigenvalue weighted by atomic mass is 10.1. The molecule has 0 aromatic heterocycles. The van der Waals surface area contributed by atoms with Gasteiger partial charge in [-0.3, -0.25) is 9.69 Å². The number of urea groups is 1. The molecule has 1 saturated heterocycles. The Hall–Kier alpha value is -1.69. The maximum Gasteiger partial charge on any atom is 0.324 e. The number of anilines is 1. The van der Waals surface area contributed by atoms with Gasteiger partial charge in [0.2, 0.25) is 0 Å². The first-order valence-electron chi connectivity index (χ1n) is 6.90. The lowest BCUT2D eigenvalue weighted by Crippen LogP contribution is -2.51. The highest BCUT2D eigenvalue weighted by molar-refractivity contribution is 7.99. The second kappa shape index (κ2) is 6.85. The van der Waals surface area contributed by atoms with E-state index in [9.17, 15) is 9.59 Å². The van der Waals surface area contributed by atoms with Crippen LogP contribution >= 0.6 is 11.8 Å². The molecule has 21 heavy (non-hydrogen) atoms. The lowest BCUT2D eigenvalue weighted by Gasteiger charge is -2.37. The molecule has 0 spiro atoms. The number of para-hydroxylation sites is 1. The molecular formula is C15H20N2O3S. The largest absolute Gasteiger partial charge is 0.481 e. The molecule has 0 saturated carbocycles. The average Bonchev–Trinajstić information content (AvgIpc) is 2.46. The van der Waals surface area contributed by atoms with Crippen LogP contribution in [-0.2, 0) is 4.79 Å². The minimum Gasteiger partial charge on any atom is -0.481 e. The Kier molecular flexibility index (Phi) is 5.12. The molecule has 1 heterocycles. The quantitative estimate of drug-likeness (QED) is 0.931. The highest BCUT2D eigenvalue weighted by atomic mass is 32.2. The molecule has 1 aliphatic heterocycles. The van der Waals surface area contributed by atoms with Gasteiger partial charge >= 0.3 is 12.0 Å². The Labute approximate surface area is 128 Å². The molecule has 1 fully saturated rings. The summed E-state index contributed by atoms with van der Waals surface area (Å²) in [4.78, 5) is 27.0. The van der Waals surface area contributed by atoms with Crippen LogP contribution in [0.5, 0.6) is 0 Å². The third-order valence-electron chi connectivity index (χ3n) is 3.65. The van der Waals surface area contributed by atoms with Gasteiger partial charge in [0.1, 0.15) is 0 Å². The average molecular weight is 308 g/mol. The summed E-state index contributed by atoms with van der Waals surface area (Å²) in [6, 6.07) is 7.32. The van der Waals surface area contributed by atoms with E-state index in [-0.39, 0.29) is 18.5 Å². The van der Waals surface area contributed by atoms with Crippen molar-refractivity contribution in [1.82, 2.24) is 4.90 Å². The summed E-state index contributed by atoms with van der Waals surface area (Å²) in [5, 5.41) is 9.00. The molecule has 1 unspecified atom stereocenters. The Morgan fingerprint density at radius 1 is 1.43 bits per heavy atom. The summed E-state index contributed by atoms with van der Waals surface area (Å²) < 4.78 is 0. The van der Waals surface area contributed by atoms with E-state index in [1.54, 1.807) is 28.6 Å². The minimum absolute atomic E-state index is 0.000349. The maximum absolute atomic E-state index is 12.7. The van der Waals surface area contributed by atoms with Gasteiger partial charge in [0.15, 0.2) is 0 Å². The van der Waals surface area contributed by atoms with Crippen molar-refractivity contribution in [2.75, 3.05) is 30.0 Å². The molecule has 1 aliphatic rings. The van der Waals surface area contributed by atoms with Gasteiger partial charge in [-0.25, -0.2) is 4.79 Å². The number of aryl methyl sites for hydroxylation is 1. The van der Waals surface area contributed by atoms with Crippen LogP contribution in [0.4, 0.5) is 10.5 Å². The van der Waals surface area contributed by atoms with E-state index in [1.807, 2.05) is 31.2 Å². The van der Waals surface area contributed by atoms with Gasteiger partial charge in [-0.2, -0.15) is 11.8 Å². The molecule has 0 bridgehead atoms. The monoisotopic (exact) mass is 308 g/mol. The minimum atomic E-state index is -0.862. The van der Waals surface area contributed by atoms with Crippen molar-refractivity contribution in [3.8, 4) is 0 Å². The van der Waals surface area contributed by atoms with Gasteiger partial charge in [-0.15, -0.1) is 0 Å². The zero-order valence-electron chi connectivity index (χ0n) is 12.3. The zero-order chi connectivity index (χ0) is 15.4. The molecule has 114 valence electrons. The number of hydrogen-bond donors (Lipinski definition) is 1. The molecule has 1 aromatic rings. The highest BCUT2D eigenvalue weighted by Gasteiger charge is 2.31. The molecule has 2 rings (SSSR count). The van der Waals surface area contributed by atoms with E-state index < -0.39 is 5.97 Å². The Bertz CT molecular complexity index is 535. The summed E-state index contributed by atoms with van der Waals surface area (Å²) in [5.74, 6) is 0.669. The third kappa shape index (κ3) is 3.69. The van der Waals surface area contributed by atoms with Gasteiger partial charge in [0.05, 0.1) is 12.5 Å². The first-order valence-corrected chi connectivity index (χ1v) is 8.05. The molecular weight excluding hydrogens is 288 g/mol. The van der Waals surface area contributed by atoms with E-state index in [2.05, 4.69) is 0 Å². The van der Waals surface area contributed by atoms with Crippen LogP contribution in [0.3, 0.4) is 0 Å². The lowest BCUT2D eigenvalue weighted by molar-refractivity contribution is -0.137. The molecule has 6 heteroatoms. The van der Waals surface area contributed by atoms with Crippen molar-refractivity contribution in [2.24, 2.45) is 0 Å². The van der Waals surface area contributed by atoms with Crippen molar-refractivity contribution < 1.29 is 14.7 Å². The normalized spacial score (nSPS) is 18.4. The molecule has 1 N–H and O–H groups in total. The maximum atomic E-state index is 12.7. The molecule has 0 aliphatic carbocycles. The van der Waals surface area contributed by atoms with Crippen LogP contribution in [0, 0.1) is 6.92 Å². The number of carboxylic acid groups (broad SMARTS) is 1. The van der Waals surface area contributed by atoms with Gasteiger partial charge in [0, 0.05) is 30.8 Å². The van der Waals surface area contributed by atoms with Crippen LogP contribution in [0.15, 0.2) is 24.3 Å². The van der Waals surface area contributed by atoms with Crippen molar-refractivity contribution in [2.45, 2.75) is 19.4 Å². The predicted octanol–water partition coefficient (Wildman–Crippen LogP) is 2.44. The van der Waals surface area contributed by atoms with Crippen LogP contribution in [0.25, 0.3) is 0 Å². The van der Waals surface area contributed by atoms with Crippen LogP contribution in [0.1, 0.15) is 12.0 Å². The van der Waals surface area contributed by atoms with Crippen molar-refractivity contribution >= 4 is 29.4 Å². The molecule has 5 nitrogen and oxygen atoms in total. The predicted molar refractivity (Wildman–Crippen MR) is 85.0 cm³/mol. The highest BCUT2D eigenvalue weighted by Crippen LogP contribution is 2.24. The van der Waals surface area contributed by atoms with Crippen LogP contribution in [0.2, 0.25) is 0 Å². The molecule has 2 amide bonds. The third-order valence-corrected chi connectivity index (χ3v) is 4.74. The van der Waals surface area contributed by atoms with E-state index in [0.717, 1.165) is 17.0 Å². The van der Waals surface area contributed by atoms with Crippen LogP contribution < -0.4 is 4.90 Å². The number of carbonyl (C=O) groups excluding carboxylic acids is 1. The Balaban J connectivity index is 2.16. The molecule has 0 radical (unpaired) electrons. The Morgan fingerprint density at radius 3 is 2.81 bits per heavy atom. The number of amides is 2. The fourth-order valence-electron chi connectivity index (χ4n) is 2.51. The van der Waals surface area contributed by atoms with E-state index in [4.69, 9.17) is 5.11 Å². The fourth-order valence-corrected chi connectivity index (χ4v) is 3.58. The van der Waals surface area contributed by atoms with Gasteiger partial charge in [0.25, 0.3) is 0 Å². The summed E-state index contributed by atoms with van der Waals surface area (Å²) >= 11 is 1.70. The summed E-state index contributed by atoms with van der Waals surface area (Å²) in [6.07, 6.45) is 0.000349. The summed E-state index contributed by atoms with van der Waals surface area (Å²) in [7, 11) is 1.74. The van der Waals surface area contributed by atoms with Crippen molar-refractivity contribution in [1.29, 1.82) is 0 Å². The van der Waals surface area contributed by atoms with Gasteiger partial charge < -0.3 is 10.0 Å². The van der Waals surface area contributed by atoms with Gasteiger partial charge in [-0.05, 0) is 18.6 Å². The second-order valence-electron chi connectivity index (χ2n) is 5.15. The van der Waals surface area contributed by atoms with E-state index in [1.165, 1.54) is 0 Å². The number of carboxylic acids is 1. The standard InChI is InChI=1S/C15H20N2O3S/c1-11-5-3-4-6-13(11)16(2)15(20)17-7-8-21-10-12(17)9-14(18)19/h3-6,12H,7-10H2,1-2H3,(H,18,19). The number of thioether (sulfide) groups is 1. The number of carbonyl (C=O) groups is 2. The summed E-state index contributed by atoms with van der Waals surface area (Å²) in [5.41, 5.74) is 1.88. The summed E-state index contributed by atoms with van der Waals surface area (Å²) in [6.45, 7) is 2.55. The first-order chi connectivity index (χ1) is 10.0. The second-order valence-corrected chi connectivity index (χ2v) is 6.30. The SMILES string of the molecule is Cc1ccccc1N(C)C(=O)N1CCSCC1CC(=O)O. The molecule has 1 aromatic carbocycles. The fraction of sp³-hybridized carbons (Fsp3) is 0.467. The number of benzene rings is 1. The number of aliphatic carboxylic acids is 1. The Morgan fingerprint density at radius 2 is 2.14 bits per heavy atom. The van der Waals surface area contributed by atoms with E-state index >= 15 is 0 Å². The van der Waals surface area contributed by atoms with Crippen LogP contribution in [-0.4, -0.2) is 53.1 Å². The number of hydrogen-bond acceptors (Lipinski definition) is 3. The smallest absolute Gasteiger partial charge is 0.324 e. The van der Waals surface area contributed by atoms with Gasteiger partial charge in [-0.1, -0.05) is 18.2 Å².